The number of alkyl halides is 1. The number of hydrogen-bond donors (Lipinski definition) is 1. The maximum absolute atomic E-state index is 14.1. The lowest BCUT2D eigenvalue weighted by atomic mass is 9.71. The Morgan fingerprint density at radius 2 is 2.12 bits per heavy atom. The quantitative estimate of drug-likeness (QED) is 0.232. The van der Waals surface area contributed by atoms with Crippen LogP contribution >= 0.6 is 27.7 Å². The smallest absolute Gasteiger partial charge is 0.310 e. The van der Waals surface area contributed by atoms with Crippen molar-refractivity contribution >= 4 is 45.5 Å². The van der Waals surface area contributed by atoms with Gasteiger partial charge in [-0.3, -0.25) is 19.3 Å². The van der Waals surface area contributed by atoms with E-state index in [1.807, 2.05) is 0 Å². The normalized spacial score (nSPS) is 34.9. The highest BCUT2D eigenvalue weighted by atomic mass is 79.9. The second kappa shape index (κ2) is 10.9. The zero-order valence-corrected chi connectivity index (χ0v) is 22.0. The zero-order valence-electron chi connectivity index (χ0n) is 19.6. The molecule has 4 saturated heterocycles. The Hall–Kier alpha value is -1.14. The lowest BCUT2D eigenvalue weighted by Gasteiger charge is -2.38. The molecule has 2 bridgehead atoms. The third-order valence-electron chi connectivity index (χ3n) is 7.37. The standard InChI is InChI=1S/C23H34BrN3O6S/c1-3-5-26(7-6-25-9-12-32-13-10-25)21(30)19-23-14-15(24)18(34-23)16(22(31)33-4-2)17(23)20(29)27(19)8-11-28/h3,15-19,28H,1,4-14H2,2H3/t15?,16-,17-,18-,19?,23?/m0/s1. The minimum absolute atomic E-state index is 0.00142. The Balaban J connectivity index is 1.62. The van der Waals surface area contributed by atoms with Crippen molar-refractivity contribution < 1.29 is 29.0 Å². The molecule has 2 amide bonds. The molecule has 0 aromatic carbocycles. The fourth-order valence-electron chi connectivity index (χ4n) is 5.97. The molecule has 3 unspecified atom stereocenters. The van der Waals surface area contributed by atoms with Crippen molar-refractivity contribution in [2.45, 2.75) is 34.2 Å². The third kappa shape index (κ3) is 4.42. The summed E-state index contributed by atoms with van der Waals surface area (Å²) in [6, 6.07) is -0.740. The van der Waals surface area contributed by atoms with Crippen molar-refractivity contribution in [3.05, 3.63) is 12.7 Å². The minimum atomic E-state index is -0.740. The number of carbonyl (C=O) groups is 3. The van der Waals surface area contributed by atoms with E-state index >= 15 is 0 Å². The van der Waals surface area contributed by atoms with Crippen molar-refractivity contribution in [1.82, 2.24) is 14.7 Å². The molecule has 11 heteroatoms. The van der Waals surface area contributed by atoms with Crippen LogP contribution in [0.3, 0.4) is 0 Å². The monoisotopic (exact) mass is 559 g/mol. The van der Waals surface area contributed by atoms with E-state index < -0.39 is 22.6 Å². The zero-order chi connectivity index (χ0) is 24.5. The van der Waals surface area contributed by atoms with Crippen LogP contribution in [0.2, 0.25) is 0 Å². The van der Waals surface area contributed by atoms with Crippen LogP contribution in [0.5, 0.6) is 0 Å². The topological polar surface area (TPSA) is 99.6 Å². The van der Waals surface area contributed by atoms with Gasteiger partial charge in [-0.15, -0.1) is 18.3 Å². The Morgan fingerprint density at radius 1 is 1.38 bits per heavy atom. The van der Waals surface area contributed by atoms with Crippen LogP contribution in [0.1, 0.15) is 13.3 Å². The van der Waals surface area contributed by atoms with Gasteiger partial charge in [-0.25, -0.2) is 0 Å². The van der Waals surface area contributed by atoms with Gasteiger partial charge < -0.3 is 24.4 Å². The number of morpholine rings is 1. The van der Waals surface area contributed by atoms with Crippen LogP contribution in [0.25, 0.3) is 0 Å². The van der Waals surface area contributed by atoms with Gasteiger partial charge in [0.1, 0.15) is 6.04 Å². The number of likely N-dealkylation sites (tertiary alicyclic amines) is 1. The highest BCUT2D eigenvalue weighted by Crippen LogP contribution is 2.67. The molecule has 9 nitrogen and oxygen atoms in total. The molecule has 4 aliphatic rings. The molecule has 34 heavy (non-hydrogen) atoms. The van der Waals surface area contributed by atoms with E-state index in [1.54, 1.807) is 29.7 Å². The molecule has 4 rings (SSSR count). The number of aliphatic hydroxyl groups is 1. The fourth-order valence-corrected chi connectivity index (χ4v) is 9.57. The molecule has 4 heterocycles. The summed E-state index contributed by atoms with van der Waals surface area (Å²) in [6.45, 7) is 10.2. The van der Waals surface area contributed by atoms with Crippen LogP contribution in [0.15, 0.2) is 12.7 Å². The largest absolute Gasteiger partial charge is 0.466 e. The fraction of sp³-hybridized carbons (Fsp3) is 0.783. The first kappa shape index (κ1) is 25.9. The highest BCUT2D eigenvalue weighted by Gasteiger charge is 2.76. The number of carbonyl (C=O) groups excluding carboxylic acids is 3. The number of thioether (sulfide) groups is 1. The predicted molar refractivity (Wildman–Crippen MR) is 132 cm³/mol. The van der Waals surface area contributed by atoms with E-state index in [0.717, 1.165) is 13.1 Å². The lowest BCUT2D eigenvalue weighted by Crippen LogP contribution is -2.56. The molecule has 0 aromatic heterocycles. The summed E-state index contributed by atoms with van der Waals surface area (Å²) in [5.74, 6) is -1.98. The van der Waals surface area contributed by atoms with Crippen LogP contribution in [0.4, 0.5) is 0 Å². The number of halogens is 1. The Bertz CT molecular complexity index is 812. The summed E-state index contributed by atoms with van der Waals surface area (Å²) in [5, 5.41) is 9.62. The first-order valence-electron chi connectivity index (χ1n) is 12.0. The SMILES string of the molecule is C=CCN(CCN1CCOCC1)C(=O)C1N(CCO)C(=O)[C@@H]2[C@H](C(=O)OCC)[C@H]3SC12CC3Br. The second-order valence-electron chi connectivity index (χ2n) is 9.20. The maximum Gasteiger partial charge on any atom is 0.310 e. The van der Waals surface area contributed by atoms with Crippen molar-refractivity contribution in [1.29, 1.82) is 0 Å². The van der Waals surface area contributed by atoms with Crippen LogP contribution < -0.4 is 0 Å². The van der Waals surface area contributed by atoms with Gasteiger partial charge >= 0.3 is 5.97 Å². The summed E-state index contributed by atoms with van der Waals surface area (Å²) in [4.78, 5) is 46.2. The van der Waals surface area contributed by atoms with Crippen molar-refractivity contribution in [3.63, 3.8) is 0 Å². The minimum Gasteiger partial charge on any atom is -0.466 e. The van der Waals surface area contributed by atoms with Gasteiger partial charge in [0.15, 0.2) is 0 Å². The molecular weight excluding hydrogens is 526 g/mol. The van der Waals surface area contributed by atoms with E-state index in [1.165, 1.54) is 4.90 Å². The Kier molecular flexibility index (Phi) is 8.28. The van der Waals surface area contributed by atoms with Crippen molar-refractivity contribution in [3.8, 4) is 0 Å². The number of esters is 1. The number of hydrogen-bond acceptors (Lipinski definition) is 8. The lowest BCUT2D eigenvalue weighted by molar-refractivity contribution is -0.153. The number of fused-ring (bicyclic) bond motifs is 1. The second-order valence-corrected chi connectivity index (χ2v) is 11.9. The van der Waals surface area contributed by atoms with Gasteiger partial charge in [-0.2, -0.15) is 0 Å². The number of β-amino-alcohol motifs (C(OH)–C–C–N with tert-alkyl or cyclic N) is 1. The molecule has 6 atom stereocenters. The van der Waals surface area contributed by atoms with Crippen molar-refractivity contribution in [2.24, 2.45) is 11.8 Å². The van der Waals surface area contributed by atoms with Gasteiger partial charge in [-0.1, -0.05) is 22.0 Å². The molecule has 0 radical (unpaired) electrons. The Labute approximate surface area is 213 Å². The third-order valence-corrected chi connectivity index (χ3v) is 10.6. The van der Waals surface area contributed by atoms with Gasteiger partial charge in [0, 0.05) is 49.3 Å². The summed E-state index contributed by atoms with van der Waals surface area (Å²) in [7, 11) is 0. The number of rotatable bonds is 10. The summed E-state index contributed by atoms with van der Waals surface area (Å²) >= 11 is 5.30. The average molecular weight is 561 g/mol. The van der Waals surface area contributed by atoms with E-state index in [2.05, 4.69) is 27.4 Å². The van der Waals surface area contributed by atoms with Gasteiger partial charge in [-0.05, 0) is 13.3 Å². The molecule has 190 valence electrons. The number of aliphatic hydroxyl groups excluding tert-OH is 1. The van der Waals surface area contributed by atoms with E-state index in [4.69, 9.17) is 9.47 Å². The average Bonchev–Trinajstić information content (AvgIpc) is 3.41. The van der Waals surface area contributed by atoms with Gasteiger partial charge in [0.05, 0.1) is 43.0 Å². The predicted octanol–water partition coefficient (Wildman–Crippen LogP) is 0.353. The van der Waals surface area contributed by atoms with E-state index in [-0.39, 0.29) is 47.6 Å². The molecule has 1 spiro atoms. The summed E-state index contributed by atoms with van der Waals surface area (Å²) in [5.41, 5.74) is 0. The number of amides is 2. The first-order chi connectivity index (χ1) is 16.4. The molecular formula is C23H34BrN3O6S. The van der Waals surface area contributed by atoms with Gasteiger partial charge in [0.25, 0.3) is 0 Å². The van der Waals surface area contributed by atoms with Crippen LogP contribution in [0, 0.1) is 11.8 Å². The summed E-state index contributed by atoms with van der Waals surface area (Å²) in [6.07, 6.45) is 2.31. The highest BCUT2D eigenvalue weighted by molar-refractivity contribution is 9.09. The van der Waals surface area contributed by atoms with Crippen LogP contribution in [-0.4, -0.2) is 124 Å². The van der Waals surface area contributed by atoms with Gasteiger partial charge in [0.2, 0.25) is 11.8 Å². The summed E-state index contributed by atoms with van der Waals surface area (Å²) < 4.78 is 10.0. The van der Waals surface area contributed by atoms with Crippen LogP contribution in [-0.2, 0) is 23.9 Å². The molecule has 1 N–H and O–H groups in total. The molecule has 0 aromatic rings. The maximum atomic E-state index is 14.1. The number of ether oxygens (including phenoxy) is 2. The molecule has 4 fully saturated rings. The molecule has 0 aliphatic carbocycles. The Morgan fingerprint density at radius 3 is 2.76 bits per heavy atom. The van der Waals surface area contributed by atoms with E-state index in [0.29, 0.717) is 39.3 Å². The molecule has 4 aliphatic heterocycles. The number of nitrogens with zero attached hydrogens (tertiary/aromatic N) is 3. The van der Waals surface area contributed by atoms with Crippen molar-refractivity contribution in [2.75, 3.05) is 65.7 Å². The first-order valence-corrected chi connectivity index (χ1v) is 13.8. The molecule has 0 saturated carbocycles. The van der Waals surface area contributed by atoms with E-state index in [9.17, 15) is 19.5 Å².